The average molecular weight is 498 g/mol. The van der Waals surface area contributed by atoms with Gasteiger partial charge in [-0.2, -0.15) is 0 Å². The Labute approximate surface area is 205 Å². The molecule has 0 saturated carbocycles. The highest BCUT2D eigenvalue weighted by atomic mass is 16.6. The van der Waals surface area contributed by atoms with Gasteiger partial charge in [0.15, 0.2) is 0 Å². The Hall–Kier alpha value is -0.890. The number of carbonyl (C=O) groups excluding carboxylic acids is 1. The van der Waals surface area contributed by atoms with Crippen LogP contribution in [0.4, 0.5) is 0 Å². The van der Waals surface area contributed by atoms with Crippen molar-refractivity contribution in [1.29, 1.82) is 0 Å². The Bertz CT molecular complexity index is 434. The molecule has 0 amide bonds. The summed E-state index contributed by atoms with van der Waals surface area (Å²) in [5.74, 6) is -0.381. The number of rotatable bonds is 26. The maximum atomic E-state index is 11.4. The number of likely N-dealkylation sites (N-methyl/N-ethyl adjacent to an activating group) is 1. The monoisotopic (exact) mass is 497 g/mol. The van der Waals surface area contributed by atoms with E-state index in [9.17, 15) is 4.79 Å². The van der Waals surface area contributed by atoms with Crippen LogP contribution in [-0.4, -0.2) is 131 Å². The highest BCUT2D eigenvalue weighted by Gasteiger charge is 2.15. The van der Waals surface area contributed by atoms with Gasteiger partial charge in [-0.05, 0) is 27.8 Å². The van der Waals surface area contributed by atoms with Crippen LogP contribution in [0.25, 0.3) is 0 Å². The largest absolute Gasteiger partial charge is 0.458 e. The lowest BCUT2D eigenvalue weighted by Gasteiger charge is -2.19. The summed E-state index contributed by atoms with van der Waals surface area (Å²) >= 11 is 0. The number of esters is 1. The first-order valence-electron chi connectivity index (χ1n) is 11.9. The summed E-state index contributed by atoms with van der Waals surface area (Å²) in [7, 11) is 1.89. The molecule has 0 bridgehead atoms. The standard InChI is InChI=1S/C23H47NO10/c1-23(2,3)34-22(25)21-33-20-19-32-18-17-31-16-15-30-14-13-29-12-11-28-10-9-27-8-7-26-6-5-24-4/h24H,5-21H2,1-4H3. The maximum Gasteiger partial charge on any atom is 0.332 e. The molecule has 204 valence electrons. The van der Waals surface area contributed by atoms with E-state index < -0.39 is 5.60 Å². The van der Waals surface area contributed by atoms with Gasteiger partial charge in [0, 0.05) is 6.54 Å². The van der Waals surface area contributed by atoms with Gasteiger partial charge in [0.2, 0.25) is 0 Å². The molecule has 0 spiro atoms. The first kappa shape index (κ1) is 33.1. The third-order valence-corrected chi connectivity index (χ3v) is 3.74. The summed E-state index contributed by atoms with van der Waals surface area (Å²) in [5, 5.41) is 3.01. The number of hydrogen-bond donors (Lipinski definition) is 1. The van der Waals surface area contributed by atoms with Gasteiger partial charge >= 0.3 is 5.97 Å². The zero-order valence-corrected chi connectivity index (χ0v) is 21.6. The molecule has 0 saturated heterocycles. The minimum absolute atomic E-state index is 0.0752. The van der Waals surface area contributed by atoms with Gasteiger partial charge in [-0.25, -0.2) is 4.79 Å². The Kier molecular flexibility index (Phi) is 24.6. The van der Waals surface area contributed by atoms with Crippen molar-refractivity contribution < 1.29 is 47.4 Å². The fraction of sp³-hybridized carbons (Fsp3) is 0.957. The molecule has 0 aliphatic rings. The van der Waals surface area contributed by atoms with Crippen LogP contribution in [0, 0.1) is 0 Å². The van der Waals surface area contributed by atoms with Gasteiger partial charge in [-0.15, -0.1) is 0 Å². The van der Waals surface area contributed by atoms with E-state index in [1.165, 1.54) is 0 Å². The van der Waals surface area contributed by atoms with Crippen LogP contribution >= 0.6 is 0 Å². The van der Waals surface area contributed by atoms with Crippen LogP contribution in [0.2, 0.25) is 0 Å². The predicted molar refractivity (Wildman–Crippen MR) is 126 cm³/mol. The molecule has 0 aliphatic carbocycles. The molecule has 11 heteroatoms. The van der Waals surface area contributed by atoms with Crippen molar-refractivity contribution in [2.75, 3.05) is 119 Å². The second-order valence-electron chi connectivity index (χ2n) is 8.03. The SMILES string of the molecule is CNCCOCCOCCOCCOCCOCCOCCOCCOCC(=O)OC(C)(C)C. The summed E-state index contributed by atoms with van der Waals surface area (Å²) < 4.78 is 48.1. The minimum Gasteiger partial charge on any atom is -0.458 e. The van der Waals surface area contributed by atoms with Crippen molar-refractivity contribution in [1.82, 2.24) is 5.32 Å². The van der Waals surface area contributed by atoms with Gasteiger partial charge in [-0.3, -0.25) is 0 Å². The molecular weight excluding hydrogens is 450 g/mol. The Morgan fingerprint density at radius 1 is 0.529 bits per heavy atom. The molecule has 0 aromatic carbocycles. The van der Waals surface area contributed by atoms with E-state index in [2.05, 4.69) is 5.32 Å². The van der Waals surface area contributed by atoms with Crippen molar-refractivity contribution in [3.8, 4) is 0 Å². The lowest BCUT2D eigenvalue weighted by atomic mass is 10.2. The molecule has 0 heterocycles. The first-order valence-corrected chi connectivity index (χ1v) is 11.9. The van der Waals surface area contributed by atoms with Crippen LogP contribution in [0.3, 0.4) is 0 Å². The molecule has 0 atom stereocenters. The topological polar surface area (TPSA) is 112 Å². The van der Waals surface area contributed by atoms with Gasteiger partial charge in [-0.1, -0.05) is 0 Å². The van der Waals surface area contributed by atoms with E-state index in [1.807, 2.05) is 27.8 Å². The normalized spacial score (nSPS) is 11.8. The second kappa shape index (κ2) is 25.2. The van der Waals surface area contributed by atoms with Crippen molar-refractivity contribution >= 4 is 5.97 Å². The van der Waals surface area contributed by atoms with Crippen LogP contribution in [-0.2, 0) is 47.4 Å². The van der Waals surface area contributed by atoms with Crippen molar-refractivity contribution in [3.05, 3.63) is 0 Å². The third kappa shape index (κ3) is 29.1. The highest BCUT2D eigenvalue weighted by molar-refractivity contribution is 5.71. The van der Waals surface area contributed by atoms with Gasteiger partial charge in [0.1, 0.15) is 12.2 Å². The lowest BCUT2D eigenvalue weighted by Crippen LogP contribution is -2.27. The first-order chi connectivity index (χ1) is 16.5. The average Bonchev–Trinajstić information content (AvgIpc) is 2.78. The zero-order chi connectivity index (χ0) is 25.2. The number of ether oxygens (including phenoxy) is 9. The van der Waals surface area contributed by atoms with E-state index in [0.29, 0.717) is 99.1 Å². The molecule has 1 N–H and O–H groups in total. The molecular formula is C23H47NO10. The minimum atomic E-state index is -0.502. The quantitative estimate of drug-likeness (QED) is 0.134. The van der Waals surface area contributed by atoms with E-state index in [-0.39, 0.29) is 12.6 Å². The van der Waals surface area contributed by atoms with Crippen LogP contribution in [0.5, 0.6) is 0 Å². The van der Waals surface area contributed by atoms with E-state index in [0.717, 1.165) is 6.54 Å². The highest BCUT2D eigenvalue weighted by Crippen LogP contribution is 2.06. The second-order valence-corrected chi connectivity index (χ2v) is 8.03. The summed E-state index contributed by atoms with van der Waals surface area (Å²) in [5.41, 5.74) is -0.502. The van der Waals surface area contributed by atoms with Crippen LogP contribution < -0.4 is 5.32 Å². The fourth-order valence-corrected chi connectivity index (χ4v) is 2.24. The molecule has 11 nitrogen and oxygen atoms in total. The molecule has 0 fully saturated rings. The third-order valence-electron chi connectivity index (χ3n) is 3.74. The summed E-state index contributed by atoms with van der Waals surface area (Å²) in [6, 6.07) is 0. The fourth-order valence-electron chi connectivity index (χ4n) is 2.24. The molecule has 0 aliphatic heterocycles. The molecule has 0 rings (SSSR count). The molecule has 0 radical (unpaired) electrons. The van der Waals surface area contributed by atoms with Crippen LogP contribution in [0.15, 0.2) is 0 Å². The summed E-state index contributed by atoms with van der Waals surface area (Å²) in [6.45, 7) is 13.8. The van der Waals surface area contributed by atoms with E-state index in [1.54, 1.807) is 0 Å². The molecule has 0 aromatic heterocycles. The summed E-state index contributed by atoms with van der Waals surface area (Å²) in [6.07, 6.45) is 0. The van der Waals surface area contributed by atoms with E-state index >= 15 is 0 Å². The zero-order valence-electron chi connectivity index (χ0n) is 21.6. The Balaban J connectivity index is 3.10. The maximum absolute atomic E-state index is 11.4. The molecule has 0 unspecified atom stereocenters. The number of nitrogens with one attached hydrogen (secondary N) is 1. The van der Waals surface area contributed by atoms with Crippen molar-refractivity contribution in [3.63, 3.8) is 0 Å². The molecule has 34 heavy (non-hydrogen) atoms. The lowest BCUT2D eigenvalue weighted by molar-refractivity contribution is -0.160. The number of carbonyl (C=O) groups is 1. The van der Waals surface area contributed by atoms with Crippen molar-refractivity contribution in [2.45, 2.75) is 26.4 Å². The van der Waals surface area contributed by atoms with Crippen molar-refractivity contribution in [2.24, 2.45) is 0 Å². The predicted octanol–water partition coefficient (Wildman–Crippen LogP) is 0.680. The van der Waals surface area contributed by atoms with Gasteiger partial charge in [0.05, 0.1) is 99.1 Å². The Morgan fingerprint density at radius 3 is 1.12 bits per heavy atom. The van der Waals surface area contributed by atoms with Crippen LogP contribution in [0.1, 0.15) is 20.8 Å². The van der Waals surface area contributed by atoms with Gasteiger partial charge < -0.3 is 47.9 Å². The number of hydrogen-bond acceptors (Lipinski definition) is 11. The summed E-state index contributed by atoms with van der Waals surface area (Å²) in [4.78, 5) is 11.4. The van der Waals surface area contributed by atoms with E-state index in [4.69, 9.17) is 42.6 Å². The Morgan fingerprint density at radius 2 is 0.824 bits per heavy atom. The molecule has 0 aromatic rings. The van der Waals surface area contributed by atoms with Gasteiger partial charge in [0.25, 0.3) is 0 Å². The smallest absolute Gasteiger partial charge is 0.332 e.